The number of carbonyl (C=O) groups excluding carboxylic acids is 2. The van der Waals surface area contributed by atoms with E-state index in [9.17, 15) is 29.1 Å². The molecule has 3 heterocycles. The summed E-state index contributed by atoms with van der Waals surface area (Å²) < 4.78 is 6.10. The number of hydrogen-bond donors (Lipinski definition) is 5. The molecule has 3 atom stereocenters. The van der Waals surface area contributed by atoms with Crippen LogP contribution in [0.4, 0.5) is 0 Å². The van der Waals surface area contributed by atoms with Crippen LogP contribution in [0.2, 0.25) is 0 Å². The predicted molar refractivity (Wildman–Crippen MR) is 132 cm³/mol. The Hall–Kier alpha value is -4.16. The first-order valence-electron chi connectivity index (χ1n) is 11.1. The van der Waals surface area contributed by atoms with E-state index in [1.54, 1.807) is 0 Å². The molecule has 0 aliphatic carbocycles. The Bertz CT molecular complexity index is 1350. The SMILES string of the molecule is NC(C(=O)N[C@@H]1C(=O)N2C(C(=O)O)=C(CSc3nnnn3CC(=O)O)CS[C@@H]12)c1ccc(OCC(=O)O)cc1. The minimum absolute atomic E-state index is 0.0964. The van der Waals surface area contributed by atoms with Gasteiger partial charge in [0.15, 0.2) is 6.61 Å². The van der Waals surface area contributed by atoms with Gasteiger partial charge in [0, 0.05) is 11.5 Å². The van der Waals surface area contributed by atoms with E-state index < -0.39 is 60.3 Å². The molecule has 2 aliphatic rings. The Morgan fingerprint density at radius 1 is 1.18 bits per heavy atom. The highest BCUT2D eigenvalue weighted by Crippen LogP contribution is 2.41. The van der Waals surface area contributed by atoms with Crippen LogP contribution in [-0.4, -0.2) is 99.7 Å². The van der Waals surface area contributed by atoms with Gasteiger partial charge in [0.05, 0.1) is 0 Å². The van der Waals surface area contributed by atoms with Gasteiger partial charge in [-0.05, 0) is 33.7 Å². The van der Waals surface area contributed by atoms with Gasteiger partial charge in [-0.15, -0.1) is 16.9 Å². The van der Waals surface area contributed by atoms with Gasteiger partial charge in [0.1, 0.15) is 35.4 Å². The van der Waals surface area contributed by atoms with Crippen molar-refractivity contribution in [3.63, 3.8) is 0 Å². The third kappa shape index (κ3) is 6.13. The second-order valence-electron chi connectivity index (χ2n) is 8.18. The van der Waals surface area contributed by atoms with Crippen molar-refractivity contribution < 1.29 is 44.0 Å². The van der Waals surface area contributed by atoms with E-state index in [4.69, 9.17) is 20.7 Å². The third-order valence-corrected chi connectivity index (χ3v) is 7.97. The Kier molecular flexibility index (Phi) is 8.36. The number of nitrogens with one attached hydrogen (secondary N) is 1. The van der Waals surface area contributed by atoms with Crippen molar-refractivity contribution in [1.29, 1.82) is 0 Å². The van der Waals surface area contributed by atoms with Crippen molar-refractivity contribution in [2.45, 2.75) is 29.2 Å². The summed E-state index contributed by atoms with van der Waals surface area (Å²) in [5.74, 6) is -4.26. The van der Waals surface area contributed by atoms with Gasteiger partial charge in [-0.1, -0.05) is 23.9 Å². The monoisotopic (exact) mass is 579 g/mol. The van der Waals surface area contributed by atoms with Crippen LogP contribution in [0.1, 0.15) is 11.6 Å². The maximum Gasteiger partial charge on any atom is 0.352 e. The number of aliphatic carboxylic acids is 3. The molecule has 1 fully saturated rings. The summed E-state index contributed by atoms with van der Waals surface area (Å²) in [6, 6.07) is 3.77. The van der Waals surface area contributed by atoms with Crippen molar-refractivity contribution in [2.75, 3.05) is 18.1 Å². The molecule has 2 amide bonds. The molecule has 206 valence electrons. The number of rotatable bonds is 12. The van der Waals surface area contributed by atoms with Gasteiger partial charge in [-0.3, -0.25) is 19.3 Å². The molecular weight excluding hydrogens is 558 g/mol. The highest BCUT2D eigenvalue weighted by Gasteiger charge is 2.54. The number of amides is 2. The first-order chi connectivity index (χ1) is 18.6. The van der Waals surface area contributed by atoms with Crippen LogP contribution in [0.5, 0.6) is 5.75 Å². The van der Waals surface area contributed by atoms with Crippen molar-refractivity contribution >= 4 is 53.2 Å². The topological polar surface area (TPSA) is 240 Å². The number of nitrogens with zero attached hydrogens (tertiary/aromatic N) is 5. The van der Waals surface area contributed by atoms with E-state index in [1.165, 1.54) is 36.0 Å². The maximum atomic E-state index is 12.9. The van der Waals surface area contributed by atoms with Crippen LogP contribution < -0.4 is 15.8 Å². The number of thioether (sulfide) groups is 2. The molecule has 0 radical (unpaired) electrons. The first kappa shape index (κ1) is 27.9. The summed E-state index contributed by atoms with van der Waals surface area (Å²) in [6.07, 6.45) is 0. The van der Waals surface area contributed by atoms with Gasteiger partial charge in [0.25, 0.3) is 5.91 Å². The van der Waals surface area contributed by atoms with Crippen LogP contribution in [0.25, 0.3) is 0 Å². The number of aromatic nitrogens is 4. The van der Waals surface area contributed by atoms with Gasteiger partial charge in [-0.25, -0.2) is 14.3 Å². The van der Waals surface area contributed by atoms with Gasteiger partial charge >= 0.3 is 17.9 Å². The highest BCUT2D eigenvalue weighted by atomic mass is 32.2. The number of nitrogens with two attached hydrogens (primary N) is 1. The van der Waals surface area contributed by atoms with E-state index in [0.717, 1.165) is 21.3 Å². The van der Waals surface area contributed by atoms with E-state index in [-0.39, 0.29) is 28.1 Å². The van der Waals surface area contributed by atoms with Crippen LogP contribution in [0.3, 0.4) is 0 Å². The Balaban J connectivity index is 1.40. The molecule has 16 nitrogen and oxygen atoms in total. The average molecular weight is 580 g/mol. The van der Waals surface area contributed by atoms with E-state index in [1.807, 2.05) is 0 Å². The molecule has 1 aromatic heterocycles. The lowest BCUT2D eigenvalue weighted by Gasteiger charge is -2.49. The van der Waals surface area contributed by atoms with Crippen molar-refractivity contribution in [1.82, 2.24) is 30.4 Å². The number of ether oxygens (including phenoxy) is 1. The second kappa shape index (κ2) is 11.7. The zero-order valence-corrected chi connectivity index (χ0v) is 21.4. The molecule has 39 heavy (non-hydrogen) atoms. The van der Waals surface area contributed by atoms with Crippen LogP contribution in [0, 0.1) is 0 Å². The number of carboxylic acid groups (broad SMARTS) is 3. The first-order valence-corrected chi connectivity index (χ1v) is 13.1. The molecular formula is C21H21N7O9S2. The summed E-state index contributed by atoms with van der Waals surface area (Å²) in [6.45, 7) is -0.990. The Morgan fingerprint density at radius 3 is 2.54 bits per heavy atom. The van der Waals surface area contributed by atoms with E-state index in [2.05, 4.69) is 20.8 Å². The summed E-state index contributed by atoms with van der Waals surface area (Å²) in [5, 5.41) is 40.3. The van der Waals surface area contributed by atoms with Gasteiger partial charge in [-0.2, -0.15) is 0 Å². The molecule has 1 unspecified atom stereocenters. The summed E-state index contributed by atoms with van der Waals surface area (Å²) >= 11 is 2.30. The summed E-state index contributed by atoms with van der Waals surface area (Å²) in [5.41, 5.74) is 6.64. The average Bonchev–Trinajstić information content (AvgIpc) is 3.34. The fraction of sp³-hybridized carbons (Fsp3) is 0.333. The normalized spacial score (nSPS) is 19.1. The minimum Gasteiger partial charge on any atom is -0.482 e. The number of fused-ring (bicyclic) bond motifs is 1. The van der Waals surface area contributed by atoms with Crippen LogP contribution in [-0.2, 0) is 30.5 Å². The Morgan fingerprint density at radius 2 is 1.90 bits per heavy atom. The quantitative estimate of drug-likeness (QED) is 0.146. The summed E-state index contributed by atoms with van der Waals surface area (Å²) in [4.78, 5) is 60.4. The van der Waals surface area contributed by atoms with Gasteiger partial charge < -0.3 is 31.1 Å². The largest absolute Gasteiger partial charge is 0.482 e. The fourth-order valence-electron chi connectivity index (χ4n) is 3.78. The molecule has 1 aromatic carbocycles. The molecule has 4 rings (SSSR count). The molecule has 0 saturated carbocycles. The lowest BCUT2D eigenvalue weighted by atomic mass is 10.0. The zero-order valence-electron chi connectivity index (χ0n) is 19.8. The number of carbonyl (C=O) groups is 5. The smallest absolute Gasteiger partial charge is 0.352 e. The standard InChI is InChI=1S/C21H21N7O9S2/c22-14(9-1-3-11(4-2-9)37-6-13(31)32)17(33)23-15-18(34)28-16(20(35)36)10(7-38-19(15)28)8-39-21-24-25-26-27(21)5-12(29)30/h1-4,14-15,19H,5-8,22H2,(H,23,33)(H,29,30)(H,31,32)(H,35,36)/t14?,15-,19+/m1/s1. The van der Waals surface area contributed by atoms with Crippen LogP contribution >= 0.6 is 23.5 Å². The molecule has 1 saturated heterocycles. The minimum atomic E-state index is -1.32. The molecule has 0 bridgehead atoms. The molecule has 18 heteroatoms. The number of hydrogen-bond acceptors (Lipinski definition) is 12. The van der Waals surface area contributed by atoms with E-state index >= 15 is 0 Å². The number of carboxylic acids is 3. The predicted octanol–water partition coefficient (Wildman–Crippen LogP) is -1.25. The van der Waals surface area contributed by atoms with Crippen molar-refractivity contribution in [3.05, 3.63) is 41.1 Å². The number of tetrazole rings is 1. The maximum absolute atomic E-state index is 12.9. The van der Waals surface area contributed by atoms with Crippen molar-refractivity contribution in [2.24, 2.45) is 5.73 Å². The van der Waals surface area contributed by atoms with Crippen LogP contribution in [0.15, 0.2) is 40.7 Å². The van der Waals surface area contributed by atoms with Gasteiger partial charge in [0.2, 0.25) is 11.1 Å². The third-order valence-electron chi connectivity index (χ3n) is 5.59. The highest BCUT2D eigenvalue weighted by molar-refractivity contribution is 8.01. The lowest BCUT2D eigenvalue weighted by Crippen LogP contribution is -2.71. The van der Waals surface area contributed by atoms with E-state index in [0.29, 0.717) is 11.1 Å². The number of benzene rings is 1. The zero-order chi connectivity index (χ0) is 28.3. The Labute approximate surface area is 227 Å². The molecule has 2 aromatic rings. The fourth-order valence-corrected chi connectivity index (χ4v) is 6.15. The lowest BCUT2D eigenvalue weighted by molar-refractivity contribution is -0.150. The second-order valence-corrected chi connectivity index (χ2v) is 10.2. The summed E-state index contributed by atoms with van der Waals surface area (Å²) in [7, 11) is 0. The number of β-lactam (4-membered cyclic amide) rings is 1. The van der Waals surface area contributed by atoms with Crippen molar-refractivity contribution in [3.8, 4) is 5.75 Å². The molecule has 2 aliphatic heterocycles. The molecule has 6 N–H and O–H groups in total. The molecule has 0 spiro atoms.